The molecule has 9 heteroatoms. The summed E-state index contributed by atoms with van der Waals surface area (Å²) < 4.78 is 46.3. The van der Waals surface area contributed by atoms with Crippen LogP contribution in [0.15, 0.2) is 59.5 Å². The van der Waals surface area contributed by atoms with Gasteiger partial charge in [-0.05, 0) is 96.0 Å². The number of amides is 1. The van der Waals surface area contributed by atoms with E-state index in [9.17, 15) is 13.2 Å². The maximum Gasteiger partial charge on any atom is 0.264 e. The van der Waals surface area contributed by atoms with Gasteiger partial charge >= 0.3 is 0 Å². The number of methoxy groups -OCH3 is 2. The van der Waals surface area contributed by atoms with Crippen LogP contribution in [0.4, 0.5) is 5.69 Å². The average Bonchev–Trinajstić information content (AvgIpc) is 2.95. The van der Waals surface area contributed by atoms with Crippen LogP contribution in [0.3, 0.4) is 0 Å². The summed E-state index contributed by atoms with van der Waals surface area (Å²) in [7, 11) is -0.858. The molecule has 0 saturated carbocycles. The summed E-state index contributed by atoms with van der Waals surface area (Å²) in [6, 6.07) is 15.4. The van der Waals surface area contributed by atoms with Crippen molar-refractivity contribution in [2.45, 2.75) is 76.8 Å². The van der Waals surface area contributed by atoms with Gasteiger partial charge in [-0.3, -0.25) is 9.10 Å². The Morgan fingerprint density at radius 2 is 1.64 bits per heavy atom. The Morgan fingerprint density at radius 1 is 0.976 bits per heavy atom. The van der Waals surface area contributed by atoms with Crippen molar-refractivity contribution >= 4 is 21.6 Å². The molecule has 4 rings (SSSR count). The predicted octanol–water partition coefficient (Wildman–Crippen LogP) is 6.27. The first-order chi connectivity index (χ1) is 19.7. The van der Waals surface area contributed by atoms with Crippen LogP contribution < -0.4 is 23.8 Å². The van der Waals surface area contributed by atoms with E-state index in [0.717, 1.165) is 28.0 Å². The third kappa shape index (κ3) is 6.21. The first-order valence-corrected chi connectivity index (χ1v) is 15.6. The van der Waals surface area contributed by atoms with Gasteiger partial charge in [0.1, 0.15) is 17.2 Å². The van der Waals surface area contributed by atoms with Crippen molar-refractivity contribution in [2.24, 2.45) is 0 Å². The van der Waals surface area contributed by atoms with Crippen LogP contribution in [0.25, 0.3) is 0 Å². The van der Waals surface area contributed by atoms with Crippen LogP contribution in [0, 0.1) is 6.92 Å². The quantitative estimate of drug-likeness (QED) is 0.331. The highest BCUT2D eigenvalue weighted by Crippen LogP contribution is 2.40. The Bertz CT molecular complexity index is 1560. The Kier molecular flexibility index (Phi) is 8.83. The van der Waals surface area contributed by atoms with Crippen molar-refractivity contribution in [1.82, 2.24) is 5.32 Å². The number of nitrogens with one attached hydrogen (secondary N) is 1. The van der Waals surface area contributed by atoms with Crippen molar-refractivity contribution in [3.8, 4) is 17.2 Å². The molecule has 0 aliphatic carbocycles. The van der Waals surface area contributed by atoms with Crippen molar-refractivity contribution in [3.05, 3.63) is 76.9 Å². The zero-order valence-corrected chi connectivity index (χ0v) is 26.8. The highest BCUT2D eigenvalue weighted by Gasteiger charge is 2.39. The lowest BCUT2D eigenvalue weighted by Gasteiger charge is -2.36. The largest absolute Gasteiger partial charge is 0.497 e. The fourth-order valence-electron chi connectivity index (χ4n) is 5.15. The lowest BCUT2D eigenvalue weighted by atomic mass is 9.86. The minimum atomic E-state index is -4.04. The van der Waals surface area contributed by atoms with Crippen molar-refractivity contribution in [2.75, 3.05) is 25.1 Å². The summed E-state index contributed by atoms with van der Waals surface area (Å²) >= 11 is 0. The summed E-state index contributed by atoms with van der Waals surface area (Å²) in [6.45, 7) is 14.1. The topological polar surface area (TPSA) is 94.2 Å². The Labute approximate surface area is 250 Å². The van der Waals surface area contributed by atoms with E-state index in [2.05, 4.69) is 46.0 Å². The van der Waals surface area contributed by atoms with Gasteiger partial charge in [0, 0.05) is 0 Å². The molecule has 0 aromatic heterocycles. The van der Waals surface area contributed by atoms with E-state index in [-0.39, 0.29) is 28.8 Å². The molecule has 42 heavy (non-hydrogen) atoms. The standard InChI is InChI=1S/C33H42N2O6S/c1-20(2)26-18-27(21(3)16-30(26)40-9)22(4)34-32(36)31-19-35(42(37,38)25-13-11-24(39-8)12-14-25)28-17-23(33(5,6)7)10-15-29(28)41-31/h10-18,20,22,31H,19H2,1-9H3,(H,34,36)/t22-,31-/m0/s1. The second-order valence-electron chi connectivity index (χ2n) is 12.1. The monoisotopic (exact) mass is 594 g/mol. The molecular weight excluding hydrogens is 552 g/mol. The smallest absolute Gasteiger partial charge is 0.264 e. The fraction of sp³-hybridized carbons (Fsp3) is 0.424. The van der Waals surface area contributed by atoms with Gasteiger partial charge in [0.05, 0.1) is 37.4 Å². The van der Waals surface area contributed by atoms with Crippen molar-refractivity contribution < 1.29 is 27.4 Å². The molecule has 8 nitrogen and oxygen atoms in total. The van der Waals surface area contributed by atoms with Crippen molar-refractivity contribution in [1.29, 1.82) is 0 Å². The van der Waals surface area contributed by atoms with Gasteiger partial charge in [-0.25, -0.2) is 8.42 Å². The van der Waals surface area contributed by atoms with E-state index < -0.39 is 22.0 Å². The lowest BCUT2D eigenvalue weighted by Crippen LogP contribution is -2.51. The maximum atomic E-state index is 14.0. The van der Waals surface area contributed by atoms with Gasteiger partial charge < -0.3 is 19.5 Å². The van der Waals surface area contributed by atoms with Crippen LogP contribution in [0.2, 0.25) is 0 Å². The van der Waals surface area contributed by atoms with E-state index in [1.54, 1.807) is 25.3 Å². The number of aryl methyl sites for hydroxylation is 1. The Morgan fingerprint density at radius 3 is 2.21 bits per heavy atom. The van der Waals surface area contributed by atoms with Gasteiger partial charge in [0.2, 0.25) is 0 Å². The van der Waals surface area contributed by atoms with E-state index in [4.69, 9.17) is 14.2 Å². The third-order valence-electron chi connectivity index (χ3n) is 7.70. The van der Waals surface area contributed by atoms with Gasteiger partial charge in [-0.2, -0.15) is 0 Å². The van der Waals surface area contributed by atoms with E-state index >= 15 is 0 Å². The van der Waals surface area contributed by atoms with Crippen LogP contribution in [-0.2, 0) is 20.2 Å². The molecule has 0 bridgehead atoms. The summed E-state index contributed by atoms with van der Waals surface area (Å²) in [5, 5.41) is 3.06. The maximum absolute atomic E-state index is 14.0. The molecule has 1 amide bonds. The number of carbonyl (C=O) groups is 1. The van der Waals surface area contributed by atoms with Crippen molar-refractivity contribution in [3.63, 3.8) is 0 Å². The summed E-state index contributed by atoms with van der Waals surface area (Å²) in [5.41, 5.74) is 4.13. The molecule has 0 saturated heterocycles. The number of nitrogens with zero attached hydrogens (tertiary/aromatic N) is 1. The number of rotatable bonds is 8. The summed E-state index contributed by atoms with van der Waals surface area (Å²) in [4.78, 5) is 13.8. The normalized spacial score (nSPS) is 16.0. The fourth-order valence-corrected chi connectivity index (χ4v) is 6.62. The van der Waals surface area contributed by atoms with Crippen LogP contribution in [-0.4, -0.2) is 41.2 Å². The predicted molar refractivity (Wildman–Crippen MR) is 165 cm³/mol. The Balaban J connectivity index is 1.69. The van der Waals surface area contributed by atoms with Gasteiger partial charge in [0.15, 0.2) is 6.10 Å². The number of fused-ring (bicyclic) bond motifs is 1. The number of hydrogen-bond acceptors (Lipinski definition) is 6. The molecule has 0 radical (unpaired) electrons. The lowest BCUT2D eigenvalue weighted by molar-refractivity contribution is -0.128. The zero-order chi connectivity index (χ0) is 31.0. The number of anilines is 1. The highest BCUT2D eigenvalue weighted by atomic mass is 32.2. The Hall–Kier alpha value is -3.72. The molecular formula is C33H42N2O6S. The molecule has 1 aliphatic rings. The summed E-state index contributed by atoms with van der Waals surface area (Å²) in [6.07, 6.45) is -1.06. The first kappa shape index (κ1) is 31.2. The SMILES string of the molecule is COc1ccc(S(=O)(=O)N2C[C@@H](C(=O)N[C@@H](C)c3cc(C(C)C)c(OC)cc3C)Oc3ccc(C(C)(C)C)cc32)cc1. The summed E-state index contributed by atoms with van der Waals surface area (Å²) in [5.74, 6) is 1.53. The minimum Gasteiger partial charge on any atom is -0.497 e. The second-order valence-corrected chi connectivity index (χ2v) is 13.9. The molecule has 0 spiro atoms. The van der Waals surface area contributed by atoms with Crippen LogP contribution in [0.1, 0.15) is 75.8 Å². The molecule has 0 fully saturated rings. The van der Waals surface area contributed by atoms with Crippen LogP contribution in [0.5, 0.6) is 17.2 Å². The van der Waals surface area contributed by atoms with Crippen LogP contribution >= 0.6 is 0 Å². The molecule has 0 unspecified atom stereocenters. The van der Waals surface area contributed by atoms with E-state index in [1.165, 1.54) is 23.5 Å². The molecule has 3 aromatic rings. The third-order valence-corrected chi connectivity index (χ3v) is 9.49. The molecule has 1 heterocycles. The average molecular weight is 595 g/mol. The molecule has 1 aliphatic heterocycles. The molecule has 3 aromatic carbocycles. The minimum absolute atomic E-state index is 0.0971. The number of sulfonamides is 1. The zero-order valence-electron chi connectivity index (χ0n) is 25.9. The number of benzene rings is 3. The van der Waals surface area contributed by atoms with Gasteiger partial charge in [-0.15, -0.1) is 0 Å². The van der Waals surface area contributed by atoms with E-state index in [1.807, 2.05) is 32.0 Å². The number of ether oxygens (including phenoxy) is 3. The second kappa shape index (κ2) is 11.9. The molecule has 226 valence electrons. The van der Waals surface area contributed by atoms with Gasteiger partial charge in [0.25, 0.3) is 15.9 Å². The van der Waals surface area contributed by atoms with E-state index in [0.29, 0.717) is 17.2 Å². The molecule has 2 atom stereocenters. The molecule has 1 N–H and O–H groups in total. The number of carbonyl (C=O) groups excluding carboxylic acids is 1. The first-order valence-electron chi connectivity index (χ1n) is 14.1. The van der Waals surface area contributed by atoms with Gasteiger partial charge in [-0.1, -0.05) is 40.7 Å². The number of hydrogen-bond donors (Lipinski definition) is 1. The highest BCUT2D eigenvalue weighted by molar-refractivity contribution is 7.92.